The number of hydrogen-bond acceptors (Lipinski definition) is 4. The first kappa shape index (κ1) is 18.2. The Labute approximate surface area is 132 Å². The Morgan fingerprint density at radius 3 is 2.45 bits per heavy atom. The zero-order chi connectivity index (χ0) is 16.9. The van der Waals surface area contributed by atoms with Gasteiger partial charge in [-0.2, -0.15) is 0 Å². The van der Waals surface area contributed by atoms with Gasteiger partial charge < -0.3 is 19.9 Å². The number of rotatable bonds is 7. The topological polar surface area (TPSA) is 74.4 Å². The second-order valence-corrected chi connectivity index (χ2v) is 5.99. The van der Waals surface area contributed by atoms with Crippen LogP contribution in [0.4, 0.5) is 0 Å². The molecule has 0 radical (unpaired) electrons. The van der Waals surface area contributed by atoms with E-state index in [4.69, 9.17) is 4.74 Å². The van der Waals surface area contributed by atoms with Crippen molar-refractivity contribution in [3.63, 3.8) is 0 Å². The van der Waals surface area contributed by atoms with Gasteiger partial charge in [0.1, 0.15) is 5.69 Å². The lowest BCUT2D eigenvalue weighted by Gasteiger charge is -2.10. The van der Waals surface area contributed by atoms with Crippen LogP contribution in [0.25, 0.3) is 0 Å². The summed E-state index contributed by atoms with van der Waals surface area (Å²) in [6.07, 6.45) is 0.684. The number of nitrogens with zero attached hydrogens (tertiary/aromatic N) is 1. The van der Waals surface area contributed by atoms with Crippen molar-refractivity contribution in [1.82, 2.24) is 15.2 Å². The Balaban J connectivity index is 2.76. The lowest BCUT2D eigenvalue weighted by atomic mass is 10.1. The van der Waals surface area contributed by atoms with Crippen molar-refractivity contribution in [2.75, 3.05) is 27.2 Å². The van der Waals surface area contributed by atoms with Crippen molar-refractivity contribution in [2.24, 2.45) is 0 Å². The zero-order valence-corrected chi connectivity index (χ0v) is 14.4. The molecule has 1 heterocycles. The molecular formula is C16H27N3O3. The molecule has 124 valence electrons. The van der Waals surface area contributed by atoms with E-state index in [-0.39, 0.29) is 12.0 Å². The van der Waals surface area contributed by atoms with Crippen LogP contribution in [0.15, 0.2) is 0 Å². The standard InChI is InChI=1S/C16H27N3O3/c1-10(2)22-16(21)13-11(3)14(18-12(13)4)15(20)17-8-7-9-19(5)6/h10,18H,7-9H2,1-6H3,(H,17,20). The number of carbonyl (C=O) groups is 2. The summed E-state index contributed by atoms with van der Waals surface area (Å²) in [5, 5.41) is 2.87. The van der Waals surface area contributed by atoms with Crippen LogP contribution in [0.1, 0.15) is 52.4 Å². The van der Waals surface area contributed by atoms with Crippen LogP contribution in [-0.2, 0) is 4.74 Å². The Bertz CT molecular complexity index is 533. The summed E-state index contributed by atoms with van der Waals surface area (Å²) in [4.78, 5) is 29.4. The van der Waals surface area contributed by atoms with Crippen molar-refractivity contribution in [3.8, 4) is 0 Å². The molecular weight excluding hydrogens is 282 g/mol. The van der Waals surface area contributed by atoms with Crippen LogP contribution in [0.5, 0.6) is 0 Å². The zero-order valence-electron chi connectivity index (χ0n) is 14.4. The normalized spacial score (nSPS) is 11.1. The molecule has 22 heavy (non-hydrogen) atoms. The highest BCUT2D eigenvalue weighted by molar-refractivity contribution is 6.00. The maximum absolute atomic E-state index is 12.2. The Morgan fingerprint density at radius 2 is 1.91 bits per heavy atom. The van der Waals surface area contributed by atoms with E-state index in [1.807, 2.05) is 14.1 Å². The maximum Gasteiger partial charge on any atom is 0.340 e. The van der Waals surface area contributed by atoms with E-state index in [0.717, 1.165) is 13.0 Å². The molecule has 0 spiro atoms. The lowest BCUT2D eigenvalue weighted by Crippen LogP contribution is -2.28. The summed E-state index contributed by atoms with van der Waals surface area (Å²) >= 11 is 0. The molecule has 0 bridgehead atoms. The third kappa shape index (κ3) is 4.87. The van der Waals surface area contributed by atoms with Gasteiger partial charge in [0.25, 0.3) is 5.91 Å². The van der Waals surface area contributed by atoms with Crippen molar-refractivity contribution in [3.05, 3.63) is 22.5 Å². The van der Waals surface area contributed by atoms with Crippen LogP contribution in [0, 0.1) is 13.8 Å². The van der Waals surface area contributed by atoms with Gasteiger partial charge in [0.2, 0.25) is 0 Å². The number of hydrogen-bond donors (Lipinski definition) is 2. The highest BCUT2D eigenvalue weighted by Gasteiger charge is 2.23. The van der Waals surface area contributed by atoms with Crippen LogP contribution in [0.2, 0.25) is 0 Å². The summed E-state index contributed by atoms with van der Waals surface area (Å²) in [6.45, 7) is 8.64. The molecule has 1 amide bonds. The first-order valence-electron chi connectivity index (χ1n) is 7.57. The Kier molecular flexibility index (Phi) is 6.61. The summed E-state index contributed by atoms with van der Waals surface area (Å²) in [6, 6.07) is 0. The van der Waals surface area contributed by atoms with E-state index in [1.165, 1.54) is 0 Å². The molecule has 6 heteroatoms. The van der Waals surface area contributed by atoms with E-state index in [1.54, 1.807) is 27.7 Å². The van der Waals surface area contributed by atoms with Gasteiger partial charge in [-0.05, 0) is 60.3 Å². The number of aryl methyl sites for hydroxylation is 1. The average Bonchev–Trinajstić information content (AvgIpc) is 2.68. The van der Waals surface area contributed by atoms with Crippen molar-refractivity contribution in [1.29, 1.82) is 0 Å². The molecule has 1 aromatic rings. The van der Waals surface area contributed by atoms with Gasteiger partial charge in [0.15, 0.2) is 0 Å². The summed E-state index contributed by atoms with van der Waals surface area (Å²) in [7, 11) is 3.99. The highest BCUT2D eigenvalue weighted by Crippen LogP contribution is 2.19. The lowest BCUT2D eigenvalue weighted by molar-refractivity contribution is 0.0376. The van der Waals surface area contributed by atoms with Crippen molar-refractivity contribution >= 4 is 11.9 Å². The van der Waals surface area contributed by atoms with Gasteiger partial charge in [0, 0.05) is 12.2 Å². The Morgan fingerprint density at radius 1 is 1.27 bits per heavy atom. The maximum atomic E-state index is 12.2. The predicted molar refractivity (Wildman–Crippen MR) is 86.3 cm³/mol. The minimum Gasteiger partial charge on any atom is -0.459 e. The van der Waals surface area contributed by atoms with Crippen molar-refractivity contribution < 1.29 is 14.3 Å². The van der Waals surface area contributed by atoms with Gasteiger partial charge in [-0.25, -0.2) is 4.79 Å². The molecule has 0 saturated heterocycles. The number of nitrogens with one attached hydrogen (secondary N) is 2. The number of carbonyl (C=O) groups excluding carboxylic acids is 2. The van der Waals surface area contributed by atoms with Gasteiger partial charge in [0.05, 0.1) is 11.7 Å². The molecule has 0 saturated carbocycles. The SMILES string of the molecule is Cc1[nH]c(C(=O)NCCCN(C)C)c(C)c1C(=O)OC(C)C. The predicted octanol–water partition coefficient (Wildman–Crippen LogP) is 1.88. The number of aromatic amines is 1. The first-order chi connectivity index (χ1) is 10.2. The molecule has 0 aliphatic heterocycles. The molecule has 0 aliphatic rings. The molecule has 1 aromatic heterocycles. The molecule has 1 rings (SSSR count). The summed E-state index contributed by atoms with van der Waals surface area (Å²) in [5.41, 5.74) is 2.17. The van der Waals surface area contributed by atoms with Gasteiger partial charge in [-0.15, -0.1) is 0 Å². The average molecular weight is 309 g/mol. The minimum atomic E-state index is -0.395. The van der Waals surface area contributed by atoms with Gasteiger partial charge in [-0.1, -0.05) is 0 Å². The number of ether oxygens (including phenoxy) is 1. The summed E-state index contributed by atoms with van der Waals surface area (Å²) in [5.74, 6) is -0.587. The molecule has 0 atom stereocenters. The quantitative estimate of drug-likeness (QED) is 0.596. The fraction of sp³-hybridized carbons (Fsp3) is 0.625. The molecule has 0 unspecified atom stereocenters. The largest absolute Gasteiger partial charge is 0.459 e. The van der Waals surface area contributed by atoms with Gasteiger partial charge >= 0.3 is 5.97 Å². The molecule has 2 N–H and O–H groups in total. The van der Waals surface area contributed by atoms with E-state index in [0.29, 0.717) is 29.1 Å². The van der Waals surface area contributed by atoms with Crippen LogP contribution in [-0.4, -0.2) is 55.0 Å². The highest BCUT2D eigenvalue weighted by atomic mass is 16.5. The number of H-pyrrole nitrogens is 1. The molecule has 0 aliphatic carbocycles. The molecule has 0 fully saturated rings. The molecule has 6 nitrogen and oxygen atoms in total. The van der Waals surface area contributed by atoms with Crippen LogP contribution < -0.4 is 5.32 Å². The monoisotopic (exact) mass is 309 g/mol. The second-order valence-electron chi connectivity index (χ2n) is 5.99. The van der Waals surface area contributed by atoms with E-state index < -0.39 is 5.97 Å². The Hall–Kier alpha value is -1.82. The van der Waals surface area contributed by atoms with Gasteiger partial charge in [-0.3, -0.25) is 4.79 Å². The van der Waals surface area contributed by atoms with Crippen LogP contribution in [0.3, 0.4) is 0 Å². The minimum absolute atomic E-state index is 0.190. The van der Waals surface area contributed by atoms with E-state index in [9.17, 15) is 9.59 Å². The number of esters is 1. The van der Waals surface area contributed by atoms with E-state index >= 15 is 0 Å². The summed E-state index contributed by atoms with van der Waals surface area (Å²) < 4.78 is 5.22. The van der Waals surface area contributed by atoms with E-state index in [2.05, 4.69) is 15.2 Å². The van der Waals surface area contributed by atoms with Crippen LogP contribution >= 0.6 is 0 Å². The smallest absolute Gasteiger partial charge is 0.340 e. The number of aromatic nitrogens is 1. The third-order valence-corrected chi connectivity index (χ3v) is 3.28. The first-order valence-corrected chi connectivity index (χ1v) is 7.57. The third-order valence-electron chi connectivity index (χ3n) is 3.28. The fourth-order valence-corrected chi connectivity index (χ4v) is 2.24. The molecule has 0 aromatic carbocycles. The number of amides is 1. The second kappa shape index (κ2) is 7.98. The van der Waals surface area contributed by atoms with Crippen molar-refractivity contribution in [2.45, 2.75) is 40.2 Å². The fourth-order valence-electron chi connectivity index (χ4n) is 2.24.